The smallest absolute Gasteiger partial charge is 0.277 e. The van der Waals surface area contributed by atoms with Gasteiger partial charge in [-0.1, -0.05) is 30.3 Å². The van der Waals surface area contributed by atoms with Gasteiger partial charge in [0.25, 0.3) is 11.6 Å². The van der Waals surface area contributed by atoms with Gasteiger partial charge in [0.05, 0.1) is 16.3 Å². The molecule has 1 aliphatic heterocycles. The number of non-ortho nitro benzene ring substituents is 1. The quantitative estimate of drug-likeness (QED) is 0.494. The van der Waals surface area contributed by atoms with Crippen molar-refractivity contribution in [3.63, 3.8) is 0 Å². The highest BCUT2D eigenvalue weighted by Gasteiger charge is 2.32. The van der Waals surface area contributed by atoms with Crippen molar-refractivity contribution in [3.05, 3.63) is 76.9 Å². The lowest BCUT2D eigenvalue weighted by molar-refractivity contribution is -0.384. The van der Waals surface area contributed by atoms with E-state index in [4.69, 9.17) is 0 Å². The van der Waals surface area contributed by atoms with Gasteiger partial charge in [-0.05, 0) is 12.1 Å². The lowest BCUT2D eigenvalue weighted by atomic mass is 10.1. The van der Waals surface area contributed by atoms with E-state index in [0.717, 1.165) is 5.69 Å². The van der Waals surface area contributed by atoms with Crippen LogP contribution in [0.2, 0.25) is 0 Å². The Labute approximate surface area is 132 Å². The van der Waals surface area contributed by atoms with E-state index in [0.29, 0.717) is 17.8 Å². The zero-order chi connectivity index (χ0) is 16.4. The van der Waals surface area contributed by atoms with Crippen LogP contribution in [0, 0.1) is 10.1 Å². The summed E-state index contributed by atoms with van der Waals surface area (Å²) in [5, 5.41) is 10.9. The molecule has 2 aromatic carbocycles. The maximum absolute atomic E-state index is 12.6. The van der Waals surface area contributed by atoms with E-state index in [1.165, 1.54) is 12.1 Å². The van der Waals surface area contributed by atoms with Crippen LogP contribution in [-0.2, 0) is 4.79 Å². The molecule has 0 radical (unpaired) electrons. The monoisotopic (exact) mass is 307 g/mol. The number of aliphatic imine (C=N–C) groups is 1. The van der Waals surface area contributed by atoms with Gasteiger partial charge in [0.2, 0.25) is 0 Å². The molecule has 6 heteroatoms. The summed E-state index contributed by atoms with van der Waals surface area (Å²) in [7, 11) is 0. The maximum atomic E-state index is 12.6. The standard InChI is InChI=1S/C17H13N3O3/c1-2-10-19-15-9-4-3-8-14(15)16(17(19)21)18-12-6-5-7-13(11-12)20(22)23/h2-9,11H,1,10H2. The number of anilines is 1. The Bertz CT molecular complexity index is 842. The van der Waals surface area contributed by atoms with Crippen molar-refractivity contribution in [1.82, 2.24) is 0 Å². The average Bonchev–Trinajstić information content (AvgIpc) is 2.81. The molecule has 0 saturated heterocycles. The third-order valence-corrected chi connectivity index (χ3v) is 3.49. The Morgan fingerprint density at radius 3 is 2.74 bits per heavy atom. The summed E-state index contributed by atoms with van der Waals surface area (Å²) in [6, 6.07) is 13.2. The number of carbonyl (C=O) groups is 1. The number of para-hydroxylation sites is 1. The molecule has 114 valence electrons. The average molecular weight is 307 g/mol. The minimum absolute atomic E-state index is 0.0615. The van der Waals surface area contributed by atoms with E-state index in [-0.39, 0.29) is 17.3 Å². The van der Waals surface area contributed by atoms with Gasteiger partial charge < -0.3 is 4.90 Å². The molecule has 0 bridgehead atoms. The summed E-state index contributed by atoms with van der Waals surface area (Å²) in [4.78, 5) is 28.9. The summed E-state index contributed by atoms with van der Waals surface area (Å²) in [5.74, 6) is -0.238. The first-order valence-corrected chi connectivity index (χ1v) is 6.97. The summed E-state index contributed by atoms with van der Waals surface area (Å²) < 4.78 is 0. The zero-order valence-electron chi connectivity index (χ0n) is 12.2. The molecular formula is C17H13N3O3. The van der Waals surface area contributed by atoms with Crippen LogP contribution in [0.1, 0.15) is 5.56 Å². The van der Waals surface area contributed by atoms with Crippen molar-refractivity contribution in [2.75, 3.05) is 11.4 Å². The molecule has 0 N–H and O–H groups in total. The zero-order valence-corrected chi connectivity index (χ0v) is 12.2. The fraction of sp³-hybridized carbons (Fsp3) is 0.0588. The third-order valence-electron chi connectivity index (χ3n) is 3.49. The molecule has 1 amide bonds. The Balaban J connectivity index is 2.09. The molecule has 1 heterocycles. The SMILES string of the molecule is C=CCN1C(=O)C(=Nc2cccc([N+](=O)[O-])c2)c2ccccc21. The number of nitro benzene ring substituents is 1. The number of hydrogen-bond donors (Lipinski definition) is 0. The fourth-order valence-electron chi connectivity index (χ4n) is 2.49. The van der Waals surface area contributed by atoms with Crippen molar-refractivity contribution in [2.24, 2.45) is 4.99 Å². The van der Waals surface area contributed by atoms with Crippen molar-refractivity contribution in [3.8, 4) is 0 Å². The molecule has 3 rings (SSSR count). The minimum Gasteiger partial charge on any atom is -0.303 e. The number of rotatable bonds is 4. The molecule has 0 aromatic heterocycles. The molecule has 2 aromatic rings. The van der Waals surface area contributed by atoms with Crippen LogP contribution in [0.3, 0.4) is 0 Å². The van der Waals surface area contributed by atoms with Gasteiger partial charge in [0, 0.05) is 24.2 Å². The molecule has 0 fully saturated rings. The van der Waals surface area contributed by atoms with Crippen LogP contribution in [0.25, 0.3) is 0 Å². The number of nitrogens with zero attached hydrogens (tertiary/aromatic N) is 3. The van der Waals surface area contributed by atoms with Crippen molar-refractivity contribution < 1.29 is 9.72 Å². The van der Waals surface area contributed by atoms with Gasteiger partial charge in [0.15, 0.2) is 0 Å². The number of fused-ring (bicyclic) bond motifs is 1. The van der Waals surface area contributed by atoms with E-state index < -0.39 is 4.92 Å². The molecule has 23 heavy (non-hydrogen) atoms. The second kappa shape index (κ2) is 5.84. The second-order valence-corrected chi connectivity index (χ2v) is 4.96. The van der Waals surface area contributed by atoms with E-state index in [1.54, 1.807) is 23.1 Å². The summed E-state index contributed by atoms with van der Waals surface area (Å²) in [5.41, 5.74) is 2.07. The highest BCUT2D eigenvalue weighted by atomic mass is 16.6. The number of hydrogen-bond acceptors (Lipinski definition) is 4. The van der Waals surface area contributed by atoms with Gasteiger partial charge in [0.1, 0.15) is 5.71 Å². The van der Waals surface area contributed by atoms with Gasteiger partial charge in [-0.15, -0.1) is 6.58 Å². The maximum Gasteiger partial charge on any atom is 0.277 e. The Morgan fingerprint density at radius 2 is 2.00 bits per heavy atom. The number of benzene rings is 2. The Kier molecular flexibility index (Phi) is 3.72. The number of amides is 1. The Morgan fingerprint density at radius 1 is 1.22 bits per heavy atom. The van der Waals surface area contributed by atoms with Crippen LogP contribution >= 0.6 is 0 Å². The molecule has 1 aliphatic rings. The molecular weight excluding hydrogens is 294 g/mol. The first-order valence-electron chi connectivity index (χ1n) is 6.97. The molecule has 0 aliphatic carbocycles. The third kappa shape index (κ3) is 2.62. The first kappa shape index (κ1) is 14.6. The van der Waals surface area contributed by atoms with Crippen LogP contribution in [-0.4, -0.2) is 23.1 Å². The lowest BCUT2D eigenvalue weighted by Gasteiger charge is -2.13. The molecule has 0 saturated carbocycles. The topological polar surface area (TPSA) is 75.8 Å². The molecule has 0 spiro atoms. The van der Waals surface area contributed by atoms with Crippen molar-refractivity contribution in [1.29, 1.82) is 0 Å². The molecule has 0 atom stereocenters. The van der Waals surface area contributed by atoms with Crippen LogP contribution < -0.4 is 4.90 Å². The van der Waals surface area contributed by atoms with Gasteiger partial charge in [-0.2, -0.15) is 0 Å². The fourth-order valence-corrected chi connectivity index (χ4v) is 2.49. The van der Waals surface area contributed by atoms with Crippen molar-refractivity contribution >= 4 is 28.7 Å². The largest absolute Gasteiger partial charge is 0.303 e. The number of nitro groups is 1. The summed E-state index contributed by atoms with van der Waals surface area (Å²) in [6.45, 7) is 4.04. The van der Waals surface area contributed by atoms with E-state index >= 15 is 0 Å². The molecule has 0 unspecified atom stereocenters. The second-order valence-electron chi connectivity index (χ2n) is 4.96. The van der Waals surface area contributed by atoms with Gasteiger partial charge >= 0.3 is 0 Å². The van der Waals surface area contributed by atoms with Crippen molar-refractivity contribution in [2.45, 2.75) is 0 Å². The van der Waals surface area contributed by atoms with Crippen LogP contribution in [0.4, 0.5) is 17.1 Å². The lowest BCUT2D eigenvalue weighted by Crippen LogP contribution is -2.30. The van der Waals surface area contributed by atoms with E-state index in [9.17, 15) is 14.9 Å². The first-order chi connectivity index (χ1) is 11.1. The Hall–Kier alpha value is -3.28. The van der Waals surface area contributed by atoms with Gasteiger partial charge in [-0.3, -0.25) is 14.9 Å². The van der Waals surface area contributed by atoms with Crippen LogP contribution in [0.15, 0.2) is 66.2 Å². The summed E-state index contributed by atoms with van der Waals surface area (Å²) in [6.07, 6.45) is 1.64. The number of carbonyl (C=O) groups excluding carboxylic acids is 1. The predicted octanol–water partition coefficient (Wildman–Crippen LogP) is 3.25. The highest BCUT2D eigenvalue weighted by molar-refractivity contribution is 6.54. The predicted molar refractivity (Wildman–Crippen MR) is 88.3 cm³/mol. The normalized spacial score (nSPS) is 14.9. The van der Waals surface area contributed by atoms with Crippen LogP contribution in [0.5, 0.6) is 0 Å². The van der Waals surface area contributed by atoms with E-state index in [1.807, 2.05) is 24.3 Å². The summed E-state index contributed by atoms with van der Waals surface area (Å²) >= 11 is 0. The van der Waals surface area contributed by atoms with Gasteiger partial charge in [-0.25, -0.2) is 4.99 Å². The highest BCUT2D eigenvalue weighted by Crippen LogP contribution is 2.31. The minimum atomic E-state index is -0.488. The van der Waals surface area contributed by atoms with E-state index in [2.05, 4.69) is 11.6 Å². The molecule has 6 nitrogen and oxygen atoms in total.